The Balaban J connectivity index is 1.87. The van der Waals surface area contributed by atoms with Gasteiger partial charge in [-0.15, -0.1) is 0 Å². The first kappa shape index (κ1) is 16.2. The molecule has 1 aliphatic rings. The molecule has 1 aliphatic heterocycles. The minimum Gasteiger partial charge on any atom is -0.370 e. The summed E-state index contributed by atoms with van der Waals surface area (Å²) in [6.45, 7) is 2.08. The second kappa shape index (κ2) is 7.74. The lowest BCUT2D eigenvalue weighted by Crippen LogP contribution is -2.38. The highest BCUT2D eigenvalue weighted by molar-refractivity contribution is 5.89. The van der Waals surface area contributed by atoms with E-state index in [0.717, 1.165) is 31.6 Å². The summed E-state index contributed by atoms with van der Waals surface area (Å²) in [7, 11) is 0. The Morgan fingerprint density at radius 1 is 1.32 bits per heavy atom. The fraction of sp³-hybridized carbons (Fsp3) is 0.533. The van der Waals surface area contributed by atoms with Gasteiger partial charge in [-0.1, -0.05) is 0 Å². The predicted octanol–water partition coefficient (Wildman–Crippen LogP) is 0.461. The van der Waals surface area contributed by atoms with E-state index in [-0.39, 0.29) is 17.7 Å². The van der Waals surface area contributed by atoms with E-state index < -0.39 is 0 Å². The van der Waals surface area contributed by atoms with Gasteiger partial charge >= 0.3 is 0 Å². The quantitative estimate of drug-likeness (QED) is 0.706. The van der Waals surface area contributed by atoms with Crippen LogP contribution in [-0.4, -0.2) is 36.4 Å². The van der Waals surface area contributed by atoms with Crippen molar-refractivity contribution in [1.82, 2.24) is 4.98 Å². The highest BCUT2D eigenvalue weighted by Gasteiger charge is 2.23. The molecule has 1 fully saturated rings. The zero-order valence-electron chi connectivity index (χ0n) is 12.6. The van der Waals surface area contributed by atoms with Gasteiger partial charge in [0.1, 0.15) is 5.82 Å². The number of aromatic nitrogens is 1. The summed E-state index contributed by atoms with van der Waals surface area (Å²) >= 11 is 0. The SMILES string of the molecule is NCCCC(=O)Nc1ccc(N2CCC(C(N)=O)CC2)cn1. The van der Waals surface area contributed by atoms with Gasteiger partial charge < -0.3 is 21.7 Å². The van der Waals surface area contributed by atoms with Crippen LogP contribution < -0.4 is 21.7 Å². The van der Waals surface area contributed by atoms with Crippen molar-refractivity contribution < 1.29 is 9.59 Å². The van der Waals surface area contributed by atoms with Crippen molar-refractivity contribution in [2.24, 2.45) is 17.4 Å². The van der Waals surface area contributed by atoms with E-state index in [2.05, 4.69) is 15.2 Å². The molecule has 120 valence electrons. The maximum atomic E-state index is 11.6. The molecular weight excluding hydrogens is 282 g/mol. The van der Waals surface area contributed by atoms with Crippen LogP contribution in [0.15, 0.2) is 18.3 Å². The van der Waals surface area contributed by atoms with Crippen molar-refractivity contribution in [2.45, 2.75) is 25.7 Å². The third-order valence-corrected chi connectivity index (χ3v) is 3.89. The molecule has 5 N–H and O–H groups in total. The molecule has 0 saturated carbocycles. The third-order valence-electron chi connectivity index (χ3n) is 3.89. The Morgan fingerprint density at radius 2 is 2.05 bits per heavy atom. The van der Waals surface area contributed by atoms with E-state index in [1.54, 1.807) is 12.3 Å². The summed E-state index contributed by atoms with van der Waals surface area (Å²) in [5, 5.41) is 2.74. The lowest BCUT2D eigenvalue weighted by Gasteiger charge is -2.32. The number of rotatable bonds is 6. The van der Waals surface area contributed by atoms with Crippen molar-refractivity contribution in [3.8, 4) is 0 Å². The van der Waals surface area contributed by atoms with E-state index in [1.807, 2.05) is 6.07 Å². The Bertz CT molecular complexity index is 509. The van der Waals surface area contributed by atoms with Crippen LogP contribution in [0, 0.1) is 5.92 Å². The molecule has 0 spiro atoms. The van der Waals surface area contributed by atoms with Gasteiger partial charge in [0, 0.05) is 25.4 Å². The van der Waals surface area contributed by atoms with Crippen molar-refractivity contribution in [3.63, 3.8) is 0 Å². The van der Waals surface area contributed by atoms with E-state index >= 15 is 0 Å². The van der Waals surface area contributed by atoms with E-state index in [0.29, 0.717) is 25.2 Å². The van der Waals surface area contributed by atoms with Crippen LogP contribution in [-0.2, 0) is 9.59 Å². The molecule has 0 bridgehead atoms. The topological polar surface area (TPSA) is 114 Å². The molecule has 7 nitrogen and oxygen atoms in total. The molecule has 2 amide bonds. The van der Waals surface area contributed by atoms with Crippen LogP contribution in [0.1, 0.15) is 25.7 Å². The fourth-order valence-corrected chi connectivity index (χ4v) is 2.54. The van der Waals surface area contributed by atoms with Crippen molar-refractivity contribution in [1.29, 1.82) is 0 Å². The largest absolute Gasteiger partial charge is 0.370 e. The third kappa shape index (κ3) is 4.42. The van der Waals surface area contributed by atoms with Crippen molar-refractivity contribution in [2.75, 3.05) is 29.9 Å². The summed E-state index contributed by atoms with van der Waals surface area (Å²) < 4.78 is 0. The van der Waals surface area contributed by atoms with Gasteiger partial charge in [-0.3, -0.25) is 9.59 Å². The van der Waals surface area contributed by atoms with Gasteiger partial charge in [0.25, 0.3) is 0 Å². The average molecular weight is 305 g/mol. The van der Waals surface area contributed by atoms with E-state index in [4.69, 9.17) is 11.5 Å². The molecule has 0 atom stereocenters. The van der Waals surface area contributed by atoms with Crippen LogP contribution in [0.4, 0.5) is 11.5 Å². The number of nitrogens with one attached hydrogen (secondary N) is 1. The first-order valence-electron chi connectivity index (χ1n) is 7.60. The van der Waals surface area contributed by atoms with Crippen LogP contribution >= 0.6 is 0 Å². The van der Waals surface area contributed by atoms with Gasteiger partial charge in [0.05, 0.1) is 11.9 Å². The molecule has 1 aromatic heterocycles. The van der Waals surface area contributed by atoms with Crippen LogP contribution in [0.25, 0.3) is 0 Å². The number of amides is 2. The van der Waals surface area contributed by atoms with E-state index in [1.165, 1.54) is 0 Å². The monoisotopic (exact) mass is 305 g/mol. The van der Waals surface area contributed by atoms with Crippen molar-refractivity contribution in [3.05, 3.63) is 18.3 Å². The Kier molecular flexibility index (Phi) is 5.71. The molecule has 0 aliphatic carbocycles. The maximum Gasteiger partial charge on any atom is 0.225 e. The number of nitrogens with zero attached hydrogens (tertiary/aromatic N) is 2. The summed E-state index contributed by atoms with van der Waals surface area (Å²) in [6.07, 6.45) is 4.35. The second-order valence-corrected chi connectivity index (χ2v) is 5.51. The number of piperidine rings is 1. The number of primary amides is 1. The van der Waals surface area contributed by atoms with Crippen LogP contribution in [0.3, 0.4) is 0 Å². The molecule has 0 radical (unpaired) electrons. The number of nitrogens with two attached hydrogens (primary N) is 2. The normalized spacial score (nSPS) is 15.6. The zero-order chi connectivity index (χ0) is 15.9. The Labute approximate surface area is 130 Å². The number of carbonyl (C=O) groups excluding carboxylic acids is 2. The van der Waals surface area contributed by atoms with Gasteiger partial charge in [-0.2, -0.15) is 0 Å². The number of hydrogen-bond acceptors (Lipinski definition) is 5. The molecule has 1 saturated heterocycles. The van der Waals surface area contributed by atoms with Crippen molar-refractivity contribution >= 4 is 23.3 Å². The molecule has 0 aromatic carbocycles. The number of anilines is 2. The molecule has 2 heterocycles. The Hall–Kier alpha value is -2.15. The molecule has 7 heteroatoms. The van der Waals surface area contributed by atoms with Gasteiger partial charge in [0.2, 0.25) is 11.8 Å². The highest BCUT2D eigenvalue weighted by Crippen LogP contribution is 2.23. The summed E-state index contributed by atoms with van der Waals surface area (Å²) in [6, 6.07) is 3.71. The Morgan fingerprint density at radius 3 is 2.59 bits per heavy atom. The summed E-state index contributed by atoms with van der Waals surface area (Å²) in [4.78, 5) is 29.2. The standard InChI is InChI=1S/C15H23N5O2/c16-7-1-2-14(21)19-13-4-3-12(10-18-13)20-8-5-11(6-9-20)15(17)22/h3-4,10-11H,1-2,5-9,16H2,(H2,17,22)(H,18,19,21). The lowest BCUT2D eigenvalue weighted by molar-refractivity contribution is -0.122. The minimum absolute atomic E-state index is 0.0229. The summed E-state index contributed by atoms with van der Waals surface area (Å²) in [5.41, 5.74) is 11.7. The lowest BCUT2D eigenvalue weighted by atomic mass is 9.96. The van der Waals surface area contributed by atoms with Crippen LogP contribution in [0.2, 0.25) is 0 Å². The number of pyridine rings is 1. The number of carbonyl (C=O) groups is 2. The smallest absolute Gasteiger partial charge is 0.225 e. The summed E-state index contributed by atoms with van der Waals surface area (Å²) in [5.74, 6) is 0.226. The van der Waals surface area contributed by atoms with Gasteiger partial charge in [-0.05, 0) is 37.9 Å². The molecule has 0 unspecified atom stereocenters. The minimum atomic E-state index is -0.215. The first-order chi connectivity index (χ1) is 10.6. The maximum absolute atomic E-state index is 11.6. The van der Waals surface area contributed by atoms with Crippen LogP contribution in [0.5, 0.6) is 0 Å². The predicted molar refractivity (Wildman–Crippen MR) is 85.3 cm³/mol. The average Bonchev–Trinajstić information content (AvgIpc) is 2.54. The highest BCUT2D eigenvalue weighted by atomic mass is 16.2. The first-order valence-corrected chi connectivity index (χ1v) is 7.60. The second-order valence-electron chi connectivity index (χ2n) is 5.51. The molecule has 2 rings (SSSR count). The van der Waals surface area contributed by atoms with Gasteiger partial charge in [0.15, 0.2) is 0 Å². The molecular formula is C15H23N5O2. The fourth-order valence-electron chi connectivity index (χ4n) is 2.54. The molecule has 1 aromatic rings. The van der Waals surface area contributed by atoms with Gasteiger partial charge in [-0.25, -0.2) is 4.98 Å². The van der Waals surface area contributed by atoms with E-state index in [9.17, 15) is 9.59 Å². The molecule has 22 heavy (non-hydrogen) atoms. The zero-order valence-corrected chi connectivity index (χ0v) is 12.6. The number of hydrogen-bond donors (Lipinski definition) is 3.